The molecule has 0 bridgehead atoms. The van der Waals surface area contributed by atoms with E-state index in [1.807, 2.05) is 0 Å². The fourth-order valence-electron chi connectivity index (χ4n) is 3.39. The molecule has 0 saturated carbocycles. The van der Waals surface area contributed by atoms with Crippen LogP contribution in [0.5, 0.6) is 11.5 Å². The molecule has 0 unspecified atom stereocenters. The minimum absolute atomic E-state index is 0.0408. The molecule has 2 aliphatic heterocycles. The van der Waals surface area contributed by atoms with E-state index in [4.69, 9.17) is 9.47 Å². The van der Waals surface area contributed by atoms with Crippen LogP contribution in [0.25, 0.3) is 0 Å². The predicted molar refractivity (Wildman–Crippen MR) is 101 cm³/mol. The number of amides is 1. The fourth-order valence-corrected chi connectivity index (χ4v) is 4.49. The van der Waals surface area contributed by atoms with Crippen LogP contribution in [-0.4, -0.2) is 34.1 Å². The summed E-state index contributed by atoms with van der Waals surface area (Å²) >= 11 is 0. The Morgan fingerprint density at radius 2 is 1.85 bits per heavy atom. The molecule has 7 nitrogen and oxygen atoms in total. The maximum atomic E-state index is 12.8. The van der Waals surface area contributed by atoms with Crippen LogP contribution in [0.2, 0.25) is 0 Å². The Labute approximate surface area is 157 Å². The zero-order valence-corrected chi connectivity index (χ0v) is 15.7. The van der Waals surface area contributed by atoms with Gasteiger partial charge < -0.3 is 14.4 Å². The molecule has 142 valence electrons. The standard InChI is InChI=1S/C19H20N2O5S/c1-13(22)21-8-2-3-14-11-16(5-6-17(14)21)27(23,24)20-15-4-7-18-19(12-15)26-10-9-25-18/h4-7,11-12,20H,2-3,8-10H2,1H3. The lowest BCUT2D eigenvalue weighted by molar-refractivity contribution is -0.116. The van der Waals surface area contributed by atoms with Crippen LogP contribution in [-0.2, 0) is 21.2 Å². The van der Waals surface area contributed by atoms with Gasteiger partial charge >= 0.3 is 0 Å². The first-order valence-electron chi connectivity index (χ1n) is 8.77. The third-order valence-corrected chi connectivity index (χ3v) is 6.03. The molecule has 0 spiro atoms. The number of benzene rings is 2. The number of sulfonamides is 1. The summed E-state index contributed by atoms with van der Waals surface area (Å²) in [5, 5.41) is 0. The van der Waals surface area contributed by atoms with Gasteiger partial charge in [0.2, 0.25) is 5.91 Å². The predicted octanol–water partition coefficient (Wildman–Crippen LogP) is 2.56. The summed E-state index contributed by atoms with van der Waals surface area (Å²) < 4.78 is 39.1. The van der Waals surface area contributed by atoms with Gasteiger partial charge in [0, 0.05) is 25.2 Å². The third-order valence-electron chi connectivity index (χ3n) is 4.65. The van der Waals surface area contributed by atoms with E-state index in [0.717, 1.165) is 24.1 Å². The summed E-state index contributed by atoms with van der Waals surface area (Å²) in [4.78, 5) is 13.6. The Balaban J connectivity index is 1.62. The number of ether oxygens (including phenoxy) is 2. The third kappa shape index (κ3) is 3.44. The number of hydrogen-bond donors (Lipinski definition) is 1. The lowest BCUT2D eigenvalue weighted by Crippen LogP contribution is -2.33. The molecule has 8 heteroatoms. The Hall–Kier alpha value is -2.74. The van der Waals surface area contributed by atoms with Gasteiger partial charge in [-0.25, -0.2) is 8.42 Å². The first kappa shape index (κ1) is 17.7. The van der Waals surface area contributed by atoms with Crippen molar-refractivity contribution in [2.45, 2.75) is 24.7 Å². The number of hydrogen-bond acceptors (Lipinski definition) is 5. The van der Waals surface area contributed by atoms with E-state index in [1.54, 1.807) is 35.2 Å². The van der Waals surface area contributed by atoms with Gasteiger partial charge in [0.25, 0.3) is 10.0 Å². The van der Waals surface area contributed by atoms with E-state index >= 15 is 0 Å². The molecular formula is C19H20N2O5S. The zero-order valence-electron chi connectivity index (χ0n) is 14.9. The molecule has 2 aliphatic rings. The van der Waals surface area contributed by atoms with Crippen LogP contribution in [0.15, 0.2) is 41.3 Å². The van der Waals surface area contributed by atoms with Crippen molar-refractivity contribution in [2.75, 3.05) is 29.4 Å². The molecule has 2 heterocycles. The highest BCUT2D eigenvalue weighted by molar-refractivity contribution is 7.92. The largest absolute Gasteiger partial charge is 0.486 e. The number of carbonyl (C=O) groups excluding carboxylic acids is 1. The summed E-state index contributed by atoms with van der Waals surface area (Å²) in [5.41, 5.74) is 2.05. The summed E-state index contributed by atoms with van der Waals surface area (Å²) in [6, 6.07) is 9.81. The molecule has 0 aromatic heterocycles. The van der Waals surface area contributed by atoms with Crippen LogP contribution in [0, 0.1) is 0 Å². The lowest BCUT2D eigenvalue weighted by atomic mass is 10.0. The second kappa shape index (κ2) is 6.77. The number of rotatable bonds is 3. The van der Waals surface area contributed by atoms with Gasteiger partial charge in [-0.05, 0) is 48.7 Å². The highest BCUT2D eigenvalue weighted by Gasteiger charge is 2.23. The normalized spacial score (nSPS) is 15.8. The summed E-state index contributed by atoms with van der Waals surface area (Å²) in [6.45, 7) is 3.08. The van der Waals surface area contributed by atoms with Crippen LogP contribution < -0.4 is 19.1 Å². The highest BCUT2D eigenvalue weighted by Crippen LogP contribution is 2.34. The molecule has 0 aliphatic carbocycles. The van der Waals surface area contributed by atoms with Crippen molar-refractivity contribution < 1.29 is 22.7 Å². The maximum absolute atomic E-state index is 12.8. The summed E-state index contributed by atoms with van der Waals surface area (Å²) in [5.74, 6) is 1.08. The van der Waals surface area contributed by atoms with Crippen molar-refractivity contribution in [3.63, 3.8) is 0 Å². The average Bonchev–Trinajstić information content (AvgIpc) is 2.66. The molecule has 0 atom stereocenters. The van der Waals surface area contributed by atoms with E-state index in [-0.39, 0.29) is 10.8 Å². The second-order valence-electron chi connectivity index (χ2n) is 6.53. The summed E-state index contributed by atoms with van der Waals surface area (Å²) in [7, 11) is -3.76. The van der Waals surface area contributed by atoms with E-state index in [9.17, 15) is 13.2 Å². The Morgan fingerprint density at radius 1 is 1.07 bits per heavy atom. The minimum Gasteiger partial charge on any atom is -0.486 e. The Kier molecular flexibility index (Phi) is 4.43. The average molecular weight is 388 g/mol. The Morgan fingerprint density at radius 3 is 2.63 bits per heavy atom. The number of aryl methyl sites for hydroxylation is 1. The number of nitrogens with zero attached hydrogens (tertiary/aromatic N) is 1. The van der Waals surface area contributed by atoms with Crippen LogP contribution >= 0.6 is 0 Å². The fraction of sp³-hybridized carbons (Fsp3) is 0.316. The van der Waals surface area contributed by atoms with Crippen molar-refractivity contribution >= 4 is 27.3 Å². The molecule has 27 heavy (non-hydrogen) atoms. The van der Waals surface area contributed by atoms with Crippen LogP contribution in [0.3, 0.4) is 0 Å². The molecule has 0 fully saturated rings. The zero-order chi connectivity index (χ0) is 19.0. The first-order chi connectivity index (χ1) is 12.9. The number of carbonyl (C=O) groups is 1. The van der Waals surface area contributed by atoms with Gasteiger partial charge in [-0.2, -0.15) is 0 Å². The monoisotopic (exact) mass is 388 g/mol. The molecule has 0 radical (unpaired) electrons. The Bertz CT molecular complexity index is 1000. The first-order valence-corrected chi connectivity index (χ1v) is 10.3. The van der Waals surface area contributed by atoms with Crippen molar-refractivity contribution in [1.82, 2.24) is 0 Å². The van der Waals surface area contributed by atoms with Gasteiger partial charge in [0.05, 0.1) is 10.6 Å². The van der Waals surface area contributed by atoms with Crippen molar-refractivity contribution in [3.05, 3.63) is 42.0 Å². The molecule has 4 rings (SSSR count). The molecular weight excluding hydrogens is 368 g/mol. The van der Waals surface area contributed by atoms with Gasteiger partial charge in [0.1, 0.15) is 13.2 Å². The van der Waals surface area contributed by atoms with E-state index in [1.165, 1.54) is 13.0 Å². The second-order valence-corrected chi connectivity index (χ2v) is 8.21. The number of fused-ring (bicyclic) bond motifs is 2. The smallest absolute Gasteiger partial charge is 0.261 e. The number of nitrogens with one attached hydrogen (secondary N) is 1. The van der Waals surface area contributed by atoms with E-state index in [0.29, 0.717) is 36.9 Å². The molecule has 1 N–H and O–H groups in total. The van der Waals surface area contributed by atoms with Gasteiger partial charge in [-0.15, -0.1) is 0 Å². The SMILES string of the molecule is CC(=O)N1CCCc2cc(S(=O)(=O)Nc3ccc4c(c3)OCCO4)ccc21. The van der Waals surface area contributed by atoms with Gasteiger partial charge in [-0.3, -0.25) is 9.52 Å². The molecule has 0 saturated heterocycles. The number of anilines is 2. The van der Waals surface area contributed by atoms with Crippen LogP contribution in [0.4, 0.5) is 11.4 Å². The molecule has 1 amide bonds. The quantitative estimate of drug-likeness (QED) is 0.874. The van der Waals surface area contributed by atoms with Crippen LogP contribution in [0.1, 0.15) is 18.9 Å². The van der Waals surface area contributed by atoms with Crippen molar-refractivity contribution in [1.29, 1.82) is 0 Å². The topological polar surface area (TPSA) is 84.9 Å². The van der Waals surface area contributed by atoms with Crippen molar-refractivity contribution in [2.24, 2.45) is 0 Å². The van der Waals surface area contributed by atoms with E-state index in [2.05, 4.69) is 4.72 Å². The van der Waals surface area contributed by atoms with Gasteiger partial charge in [-0.1, -0.05) is 0 Å². The maximum Gasteiger partial charge on any atom is 0.261 e. The van der Waals surface area contributed by atoms with E-state index < -0.39 is 10.0 Å². The van der Waals surface area contributed by atoms with Gasteiger partial charge in [0.15, 0.2) is 11.5 Å². The van der Waals surface area contributed by atoms with Crippen molar-refractivity contribution in [3.8, 4) is 11.5 Å². The molecule has 2 aromatic rings. The minimum atomic E-state index is -3.76. The molecule has 2 aromatic carbocycles. The summed E-state index contributed by atoms with van der Waals surface area (Å²) in [6.07, 6.45) is 1.55. The highest BCUT2D eigenvalue weighted by atomic mass is 32.2. The lowest BCUT2D eigenvalue weighted by Gasteiger charge is -2.28.